The summed E-state index contributed by atoms with van der Waals surface area (Å²) in [7, 11) is 3.07. The summed E-state index contributed by atoms with van der Waals surface area (Å²) in [5, 5.41) is 16.4. The second-order valence-corrected chi connectivity index (χ2v) is 8.81. The minimum atomic E-state index is -0.358. The number of ether oxygens (including phenoxy) is 2. The predicted molar refractivity (Wildman–Crippen MR) is 111 cm³/mol. The van der Waals surface area contributed by atoms with Crippen LogP contribution in [0, 0.1) is 0 Å². The Morgan fingerprint density at radius 1 is 1.14 bits per heavy atom. The molecule has 0 saturated heterocycles. The molecule has 0 saturated carbocycles. The van der Waals surface area contributed by atoms with Crippen molar-refractivity contribution < 1.29 is 19.1 Å². The van der Waals surface area contributed by atoms with Crippen molar-refractivity contribution in [2.45, 2.75) is 30.6 Å². The Hall–Kier alpha value is -2.53. The number of benzene rings is 1. The first-order valence-corrected chi connectivity index (χ1v) is 10.1. The maximum Gasteiger partial charge on any atom is 0.321 e. The number of hydrogen-bond donors (Lipinski definition) is 3. The second-order valence-electron chi connectivity index (χ2n) is 6.61. The van der Waals surface area contributed by atoms with Crippen molar-refractivity contribution in [1.29, 1.82) is 0 Å². The molecule has 2 rings (SSSR count). The molecule has 0 radical (unpaired) electrons. The van der Waals surface area contributed by atoms with Crippen LogP contribution in [-0.4, -0.2) is 47.6 Å². The van der Waals surface area contributed by atoms with Gasteiger partial charge in [-0.05, 0) is 32.9 Å². The van der Waals surface area contributed by atoms with Gasteiger partial charge in [0.2, 0.25) is 11.0 Å². The van der Waals surface area contributed by atoms with Gasteiger partial charge in [-0.1, -0.05) is 23.1 Å². The quantitative estimate of drug-likeness (QED) is 0.461. The van der Waals surface area contributed by atoms with Crippen LogP contribution in [0.5, 0.6) is 11.5 Å². The molecule has 0 aliphatic rings. The van der Waals surface area contributed by atoms with E-state index < -0.39 is 0 Å². The normalized spacial score (nSPS) is 10.9. The molecular formula is C17H23N5O4S2. The van der Waals surface area contributed by atoms with E-state index in [0.717, 1.165) is 0 Å². The topological polar surface area (TPSA) is 114 Å². The minimum absolute atomic E-state index is 0.128. The van der Waals surface area contributed by atoms with E-state index in [4.69, 9.17) is 9.47 Å². The molecule has 3 amide bonds. The lowest BCUT2D eigenvalue weighted by Gasteiger charge is -2.19. The number of carbonyl (C=O) groups excluding carboxylic acids is 2. The fourth-order valence-corrected chi connectivity index (χ4v) is 3.56. The van der Waals surface area contributed by atoms with E-state index in [1.165, 1.54) is 30.2 Å². The van der Waals surface area contributed by atoms with E-state index in [0.29, 0.717) is 26.7 Å². The lowest BCUT2D eigenvalue weighted by molar-refractivity contribution is -0.113. The third-order valence-corrected chi connectivity index (χ3v) is 5.09. The molecular weight excluding hydrogens is 402 g/mol. The summed E-state index contributed by atoms with van der Waals surface area (Å²) in [6.45, 7) is 5.64. The first-order chi connectivity index (χ1) is 13.2. The van der Waals surface area contributed by atoms with Crippen LogP contribution < -0.4 is 25.4 Å². The molecule has 2 aromatic rings. The minimum Gasteiger partial charge on any atom is -0.497 e. The number of nitrogens with zero attached hydrogens (tertiary/aromatic N) is 2. The Morgan fingerprint density at radius 3 is 2.54 bits per heavy atom. The molecule has 0 unspecified atom stereocenters. The van der Waals surface area contributed by atoms with Gasteiger partial charge in [-0.2, -0.15) is 0 Å². The highest BCUT2D eigenvalue weighted by Crippen LogP contribution is 2.30. The maximum absolute atomic E-state index is 12.2. The zero-order valence-corrected chi connectivity index (χ0v) is 17.9. The number of hydrogen-bond acceptors (Lipinski definition) is 8. The summed E-state index contributed by atoms with van der Waals surface area (Å²) < 4.78 is 11.0. The number of aromatic nitrogens is 2. The first kappa shape index (κ1) is 21.8. The first-order valence-electron chi connectivity index (χ1n) is 8.27. The van der Waals surface area contributed by atoms with Gasteiger partial charge in [-0.15, -0.1) is 10.2 Å². The standard InChI is InChI=1S/C17H23N5O4S2/c1-17(2,3)20-14(24)19-15-21-22-16(28-15)27-9-13(23)18-11-8-10(25-4)6-7-12(11)26-5/h6-8H,9H2,1-5H3,(H,18,23)(H2,19,20,21,24). The van der Waals surface area contributed by atoms with Crippen molar-refractivity contribution in [2.24, 2.45) is 0 Å². The third kappa shape index (κ3) is 6.89. The van der Waals surface area contributed by atoms with Crippen molar-refractivity contribution in [3.8, 4) is 11.5 Å². The van der Waals surface area contributed by atoms with Crippen molar-refractivity contribution in [2.75, 3.05) is 30.6 Å². The summed E-state index contributed by atoms with van der Waals surface area (Å²) in [4.78, 5) is 24.1. The van der Waals surface area contributed by atoms with E-state index in [2.05, 4.69) is 26.1 Å². The Balaban J connectivity index is 1.88. The lowest BCUT2D eigenvalue weighted by atomic mass is 10.1. The molecule has 1 aromatic heterocycles. The van der Waals surface area contributed by atoms with Gasteiger partial charge in [-0.3, -0.25) is 10.1 Å². The number of amides is 3. The molecule has 1 aromatic carbocycles. The van der Waals surface area contributed by atoms with Crippen LogP contribution in [0.25, 0.3) is 0 Å². The van der Waals surface area contributed by atoms with Crippen molar-refractivity contribution in [1.82, 2.24) is 15.5 Å². The monoisotopic (exact) mass is 425 g/mol. The van der Waals surface area contributed by atoms with Crippen LogP contribution in [0.3, 0.4) is 0 Å². The van der Waals surface area contributed by atoms with Crippen molar-refractivity contribution >= 4 is 45.9 Å². The second kappa shape index (κ2) is 9.60. The Morgan fingerprint density at radius 2 is 1.89 bits per heavy atom. The molecule has 0 atom stereocenters. The van der Waals surface area contributed by atoms with Crippen LogP contribution >= 0.6 is 23.1 Å². The number of anilines is 2. The highest BCUT2D eigenvalue weighted by Gasteiger charge is 2.16. The molecule has 0 bridgehead atoms. The number of carbonyl (C=O) groups is 2. The van der Waals surface area contributed by atoms with Crippen LogP contribution in [0.2, 0.25) is 0 Å². The van der Waals surface area contributed by atoms with Crippen LogP contribution in [0.1, 0.15) is 20.8 Å². The van der Waals surface area contributed by atoms with E-state index in [9.17, 15) is 9.59 Å². The van der Waals surface area contributed by atoms with Gasteiger partial charge in [0.05, 0.1) is 25.7 Å². The van der Waals surface area contributed by atoms with Crippen molar-refractivity contribution in [3.63, 3.8) is 0 Å². The molecule has 152 valence electrons. The van der Waals surface area contributed by atoms with Gasteiger partial charge in [0, 0.05) is 11.6 Å². The van der Waals surface area contributed by atoms with Crippen LogP contribution in [-0.2, 0) is 4.79 Å². The Kier molecular flexibility index (Phi) is 7.46. The Bertz CT molecular complexity index is 835. The number of rotatable bonds is 7. The summed E-state index contributed by atoms with van der Waals surface area (Å²) >= 11 is 2.41. The number of urea groups is 1. The number of thioether (sulfide) groups is 1. The van der Waals surface area contributed by atoms with E-state index >= 15 is 0 Å². The molecule has 3 N–H and O–H groups in total. The van der Waals surface area contributed by atoms with E-state index in [1.54, 1.807) is 25.3 Å². The molecule has 0 aliphatic carbocycles. The van der Waals surface area contributed by atoms with Gasteiger partial charge in [0.25, 0.3) is 0 Å². The average molecular weight is 426 g/mol. The molecule has 0 fully saturated rings. The fourth-order valence-electron chi connectivity index (χ4n) is 2.01. The summed E-state index contributed by atoms with van der Waals surface area (Å²) in [6.07, 6.45) is 0. The van der Waals surface area contributed by atoms with E-state index in [-0.39, 0.29) is 23.2 Å². The molecule has 11 heteroatoms. The van der Waals surface area contributed by atoms with Gasteiger partial charge >= 0.3 is 6.03 Å². The van der Waals surface area contributed by atoms with Crippen LogP contribution in [0.4, 0.5) is 15.6 Å². The summed E-state index contributed by atoms with van der Waals surface area (Å²) in [6, 6.07) is 4.78. The molecule has 28 heavy (non-hydrogen) atoms. The highest BCUT2D eigenvalue weighted by molar-refractivity contribution is 8.01. The predicted octanol–water partition coefficient (Wildman–Crippen LogP) is 3.21. The number of methoxy groups -OCH3 is 2. The Labute approximate surface area is 171 Å². The van der Waals surface area contributed by atoms with Gasteiger partial charge in [0.1, 0.15) is 11.5 Å². The summed E-state index contributed by atoms with van der Waals surface area (Å²) in [5.74, 6) is 1.04. The zero-order valence-electron chi connectivity index (χ0n) is 16.3. The maximum atomic E-state index is 12.2. The van der Waals surface area contributed by atoms with Crippen molar-refractivity contribution in [3.05, 3.63) is 18.2 Å². The largest absolute Gasteiger partial charge is 0.497 e. The molecule has 9 nitrogen and oxygen atoms in total. The van der Waals surface area contributed by atoms with Gasteiger partial charge in [-0.25, -0.2) is 4.79 Å². The fraction of sp³-hybridized carbons (Fsp3) is 0.412. The van der Waals surface area contributed by atoms with Gasteiger partial charge in [0.15, 0.2) is 4.34 Å². The van der Waals surface area contributed by atoms with E-state index in [1.807, 2.05) is 20.8 Å². The number of nitrogens with one attached hydrogen (secondary N) is 3. The molecule has 1 heterocycles. The molecule has 0 spiro atoms. The zero-order chi connectivity index (χ0) is 20.7. The van der Waals surface area contributed by atoms with Gasteiger partial charge < -0.3 is 20.1 Å². The highest BCUT2D eigenvalue weighted by atomic mass is 32.2. The third-order valence-electron chi connectivity index (χ3n) is 3.12. The summed E-state index contributed by atoms with van der Waals surface area (Å²) in [5.41, 5.74) is 0.164. The smallest absolute Gasteiger partial charge is 0.321 e. The SMILES string of the molecule is COc1ccc(OC)c(NC(=O)CSc2nnc(NC(=O)NC(C)(C)C)s2)c1. The van der Waals surface area contributed by atoms with Crippen LogP contribution in [0.15, 0.2) is 22.5 Å². The molecule has 0 aliphatic heterocycles. The average Bonchev–Trinajstić information content (AvgIpc) is 3.05. The lowest BCUT2D eigenvalue weighted by Crippen LogP contribution is -2.43.